The molecule has 212 valence electrons. The van der Waals surface area contributed by atoms with Crippen LogP contribution in [0.15, 0.2) is 24.3 Å². The van der Waals surface area contributed by atoms with Gasteiger partial charge in [0, 0.05) is 29.4 Å². The van der Waals surface area contributed by atoms with Crippen molar-refractivity contribution in [1.82, 2.24) is 20.5 Å². The zero-order valence-electron chi connectivity index (χ0n) is 21.9. The van der Waals surface area contributed by atoms with E-state index in [0.29, 0.717) is 42.1 Å². The molecule has 1 aromatic carbocycles. The molecule has 0 bridgehead atoms. The van der Waals surface area contributed by atoms with Crippen LogP contribution >= 0.6 is 7.60 Å². The number of primary amides is 1. The maximum atomic E-state index is 13.7. The van der Waals surface area contributed by atoms with Gasteiger partial charge in [0.1, 0.15) is 17.8 Å². The van der Waals surface area contributed by atoms with Crippen LogP contribution in [0.5, 0.6) is 0 Å². The smallest absolute Gasteiger partial charge is 0.329 e. The fraction of sp³-hybridized carbons (Fsp3) is 0.538. The van der Waals surface area contributed by atoms with Crippen LogP contribution in [0.25, 0.3) is 10.9 Å². The van der Waals surface area contributed by atoms with E-state index in [0.717, 1.165) is 19.3 Å². The second kappa shape index (κ2) is 11.9. The molecule has 13 heteroatoms. The maximum absolute atomic E-state index is 13.7. The van der Waals surface area contributed by atoms with Crippen molar-refractivity contribution in [1.29, 1.82) is 0 Å². The molecule has 4 amide bonds. The second-order valence-corrected chi connectivity index (χ2v) is 12.3. The summed E-state index contributed by atoms with van der Waals surface area (Å²) in [5.41, 5.74) is 6.51. The molecule has 1 aromatic heterocycles. The monoisotopic (exact) mass is 561 g/mol. The standard InChI is InChI=1S/C26H36N5O7P/c1-15(6-11-23(27)32)28-25(34)22-10-8-18-4-2-3-5-20(26(35)31(18)22)30-24(33)21-13-17-12-16(14-39(36,37)38)7-9-19(17)29-21/h7,9,12-13,15,18,20,22,29H,2-6,8,10-11,14H2,1H3,(H2,27,32)(H,28,34)(H,30,33)(H2,36,37,38). The molecule has 0 radical (unpaired) electrons. The fourth-order valence-electron chi connectivity index (χ4n) is 5.57. The number of nitrogens with one attached hydrogen (secondary N) is 3. The lowest BCUT2D eigenvalue weighted by molar-refractivity contribution is -0.143. The van der Waals surface area contributed by atoms with E-state index in [1.807, 2.05) is 0 Å². The number of amides is 4. The Kier molecular flexibility index (Phi) is 8.78. The summed E-state index contributed by atoms with van der Waals surface area (Å²) in [5, 5.41) is 6.37. The van der Waals surface area contributed by atoms with Crippen molar-refractivity contribution in [2.45, 2.75) is 88.6 Å². The number of fused-ring (bicyclic) bond motifs is 2. The number of aromatic amines is 1. The Bertz CT molecular complexity index is 1300. The van der Waals surface area contributed by atoms with Crippen LogP contribution in [-0.4, -0.2) is 67.5 Å². The SMILES string of the molecule is CC(CCC(N)=O)NC(=O)C1CCC2CCCCC(NC(=O)c3cc4cc(CP(=O)(O)O)ccc4[nH]3)C(=O)N21. The summed E-state index contributed by atoms with van der Waals surface area (Å²) in [6.45, 7) is 1.79. The van der Waals surface area contributed by atoms with Crippen LogP contribution in [0.3, 0.4) is 0 Å². The molecule has 0 aliphatic carbocycles. The molecule has 4 atom stereocenters. The third-order valence-corrected chi connectivity index (χ3v) is 8.25. The van der Waals surface area contributed by atoms with E-state index in [-0.39, 0.29) is 36.0 Å². The van der Waals surface area contributed by atoms with E-state index in [9.17, 15) is 33.5 Å². The molecule has 39 heavy (non-hydrogen) atoms. The Morgan fingerprint density at radius 1 is 1.15 bits per heavy atom. The topological polar surface area (TPSA) is 195 Å². The van der Waals surface area contributed by atoms with E-state index >= 15 is 0 Å². The maximum Gasteiger partial charge on any atom is 0.329 e. The van der Waals surface area contributed by atoms with Gasteiger partial charge >= 0.3 is 7.60 Å². The van der Waals surface area contributed by atoms with Gasteiger partial charge in [-0.25, -0.2) is 0 Å². The highest BCUT2D eigenvalue weighted by Crippen LogP contribution is 2.39. The Morgan fingerprint density at radius 2 is 1.90 bits per heavy atom. The number of hydrogen-bond donors (Lipinski definition) is 6. The van der Waals surface area contributed by atoms with Crippen molar-refractivity contribution in [2.24, 2.45) is 5.73 Å². The molecular weight excluding hydrogens is 525 g/mol. The summed E-state index contributed by atoms with van der Waals surface area (Å²) in [7, 11) is -4.23. The van der Waals surface area contributed by atoms with Gasteiger partial charge in [0.25, 0.3) is 5.91 Å². The van der Waals surface area contributed by atoms with E-state index in [4.69, 9.17) is 5.73 Å². The minimum Gasteiger partial charge on any atom is -0.370 e. The highest BCUT2D eigenvalue weighted by atomic mass is 31.2. The van der Waals surface area contributed by atoms with Gasteiger partial charge in [0.2, 0.25) is 17.7 Å². The number of carbonyl (C=O) groups is 4. The molecule has 2 aliphatic heterocycles. The summed E-state index contributed by atoms with van der Waals surface area (Å²) in [5.74, 6) is -1.46. The molecule has 2 fully saturated rings. The molecule has 2 aliphatic rings. The highest BCUT2D eigenvalue weighted by molar-refractivity contribution is 7.50. The van der Waals surface area contributed by atoms with Crippen LogP contribution in [0, 0.1) is 0 Å². The molecule has 0 spiro atoms. The largest absolute Gasteiger partial charge is 0.370 e. The summed E-state index contributed by atoms with van der Waals surface area (Å²) >= 11 is 0. The Hall–Kier alpha value is -3.21. The van der Waals surface area contributed by atoms with Crippen molar-refractivity contribution in [3.8, 4) is 0 Å². The third-order valence-electron chi connectivity index (χ3n) is 7.47. The molecule has 3 heterocycles. The number of nitrogens with two attached hydrogens (primary N) is 1. The van der Waals surface area contributed by atoms with Crippen LogP contribution in [0.2, 0.25) is 0 Å². The molecule has 2 aromatic rings. The van der Waals surface area contributed by atoms with Crippen molar-refractivity contribution in [3.63, 3.8) is 0 Å². The van der Waals surface area contributed by atoms with Crippen molar-refractivity contribution >= 4 is 42.1 Å². The van der Waals surface area contributed by atoms with E-state index in [1.54, 1.807) is 36.1 Å². The summed E-state index contributed by atoms with van der Waals surface area (Å²) in [6, 6.07) is 4.66. The number of benzene rings is 1. The minimum absolute atomic E-state index is 0.0746. The fourth-order valence-corrected chi connectivity index (χ4v) is 6.24. The van der Waals surface area contributed by atoms with Gasteiger partial charge in [-0.15, -0.1) is 0 Å². The molecule has 0 saturated carbocycles. The number of hydrogen-bond acceptors (Lipinski definition) is 5. The van der Waals surface area contributed by atoms with Gasteiger partial charge < -0.3 is 36.0 Å². The molecule has 7 N–H and O–H groups in total. The Balaban J connectivity index is 1.46. The summed E-state index contributed by atoms with van der Waals surface area (Å²) in [6.07, 6.45) is 4.29. The zero-order valence-corrected chi connectivity index (χ0v) is 22.8. The molecule has 12 nitrogen and oxygen atoms in total. The normalized spacial score (nSPS) is 22.6. The Morgan fingerprint density at radius 3 is 2.62 bits per heavy atom. The minimum atomic E-state index is -4.23. The van der Waals surface area contributed by atoms with Crippen LogP contribution in [0.4, 0.5) is 0 Å². The van der Waals surface area contributed by atoms with E-state index in [1.165, 1.54) is 0 Å². The lowest BCUT2D eigenvalue weighted by atomic mass is 9.98. The van der Waals surface area contributed by atoms with E-state index < -0.39 is 37.7 Å². The second-order valence-electron chi connectivity index (χ2n) is 10.6. The van der Waals surface area contributed by atoms with Gasteiger partial charge in [-0.2, -0.15) is 0 Å². The van der Waals surface area contributed by atoms with Gasteiger partial charge in [0.15, 0.2) is 0 Å². The quantitative estimate of drug-likeness (QED) is 0.250. The number of carbonyl (C=O) groups excluding carboxylic acids is 4. The molecule has 4 unspecified atom stereocenters. The van der Waals surface area contributed by atoms with Crippen molar-refractivity contribution in [3.05, 3.63) is 35.5 Å². The van der Waals surface area contributed by atoms with Crippen LogP contribution in [-0.2, 0) is 25.1 Å². The summed E-state index contributed by atoms with van der Waals surface area (Å²) in [4.78, 5) is 74.2. The highest BCUT2D eigenvalue weighted by Gasteiger charge is 2.44. The van der Waals surface area contributed by atoms with Crippen molar-refractivity contribution in [2.75, 3.05) is 0 Å². The number of nitrogens with zero attached hydrogens (tertiary/aromatic N) is 1. The number of aromatic nitrogens is 1. The van der Waals surface area contributed by atoms with Gasteiger partial charge in [-0.3, -0.25) is 23.7 Å². The summed E-state index contributed by atoms with van der Waals surface area (Å²) < 4.78 is 11.3. The van der Waals surface area contributed by atoms with Gasteiger partial charge in [-0.05, 0) is 62.8 Å². The first-order valence-corrected chi connectivity index (χ1v) is 15.1. The van der Waals surface area contributed by atoms with Gasteiger partial charge in [-0.1, -0.05) is 18.9 Å². The lowest BCUT2D eigenvalue weighted by Gasteiger charge is -2.35. The first-order valence-electron chi connectivity index (χ1n) is 13.3. The molecular formula is C26H36N5O7P. The van der Waals surface area contributed by atoms with Crippen molar-refractivity contribution < 1.29 is 33.5 Å². The number of H-pyrrole nitrogens is 1. The average Bonchev–Trinajstić information content (AvgIpc) is 3.46. The van der Waals surface area contributed by atoms with Crippen LogP contribution in [0.1, 0.15) is 74.3 Å². The lowest BCUT2D eigenvalue weighted by Crippen LogP contribution is -2.57. The Labute approximate surface area is 226 Å². The molecule has 2 saturated heterocycles. The first-order chi connectivity index (χ1) is 18.4. The zero-order chi connectivity index (χ0) is 28.3. The molecule has 4 rings (SSSR count). The first kappa shape index (κ1) is 28.8. The third kappa shape index (κ3) is 7.26. The average molecular weight is 562 g/mol. The van der Waals surface area contributed by atoms with Crippen LogP contribution < -0.4 is 16.4 Å². The number of rotatable bonds is 9. The van der Waals surface area contributed by atoms with E-state index in [2.05, 4.69) is 15.6 Å². The predicted molar refractivity (Wildman–Crippen MR) is 143 cm³/mol. The predicted octanol–water partition coefficient (Wildman–Crippen LogP) is 1.65. The van der Waals surface area contributed by atoms with Gasteiger partial charge in [0.05, 0.1) is 6.16 Å².